The Morgan fingerprint density at radius 2 is 1.96 bits per heavy atom. The first kappa shape index (κ1) is 15.9. The molecule has 0 atom stereocenters. The number of furan rings is 1. The molecule has 1 aliphatic rings. The lowest BCUT2D eigenvalue weighted by atomic mass is 9.93. The first-order chi connectivity index (χ1) is 12.3. The van der Waals surface area contributed by atoms with E-state index >= 15 is 0 Å². The third kappa shape index (κ3) is 3.43. The fraction of sp³-hybridized carbons (Fsp3) is 0.333. The molecule has 1 saturated carbocycles. The van der Waals surface area contributed by atoms with Crippen molar-refractivity contribution in [2.75, 3.05) is 0 Å². The highest BCUT2D eigenvalue weighted by molar-refractivity contribution is 5.96. The topological polar surface area (TPSA) is 46.3 Å². The highest BCUT2D eigenvalue weighted by Crippen LogP contribution is 2.27. The predicted molar refractivity (Wildman–Crippen MR) is 97.2 cm³/mol. The van der Waals surface area contributed by atoms with Crippen molar-refractivity contribution >= 4 is 16.9 Å². The van der Waals surface area contributed by atoms with Crippen LogP contribution in [0.25, 0.3) is 11.0 Å². The summed E-state index contributed by atoms with van der Waals surface area (Å²) in [4.78, 5) is 19.4. The van der Waals surface area contributed by atoms with Crippen LogP contribution in [0.2, 0.25) is 0 Å². The maximum absolute atomic E-state index is 13.2. The number of benzene rings is 1. The van der Waals surface area contributed by atoms with Crippen LogP contribution in [0.4, 0.5) is 0 Å². The zero-order chi connectivity index (χ0) is 17.1. The molecule has 3 aromatic rings. The Morgan fingerprint density at radius 3 is 2.72 bits per heavy atom. The average molecular weight is 334 g/mol. The number of carbonyl (C=O) groups is 1. The molecule has 0 aliphatic heterocycles. The van der Waals surface area contributed by atoms with Crippen LogP contribution in [0.1, 0.15) is 48.2 Å². The van der Waals surface area contributed by atoms with Crippen molar-refractivity contribution in [2.24, 2.45) is 0 Å². The number of amides is 1. The van der Waals surface area contributed by atoms with E-state index in [2.05, 4.69) is 4.98 Å². The maximum atomic E-state index is 13.2. The van der Waals surface area contributed by atoms with Crippen molar-refractivity contribution in [2.45, 2.75) is 44.7 Å². The molecule has 4 heteroatoms. The summed E-state index contributed by atoms with van der Waals surface area (Å²) in [5, 5.41) is 0.968. The van der Waals surface area contributed by atoms with Gasteiger partial charge in [0.25, 0.3) is 5.91 Å². The molecule has 4 rings (SSSR count). The summed E-state index contributed by atoms with van der Waals surface area (Å²) in [5.74, 6) is 0.405. The van der Waals surface area contributed by atoms with Crippen LogP contribution in [0.15, 0.2) is 59.3 Å². The van der Waals surface area contributed by atoms with Crippen molar-refractivity contribution in [1.29, 1.82) is 0 Å². The summed E-state index contributed by atoms with van der Waals surface area (Å²) < 4.78 is 5.83. The van der Waals surface area contributed by atoms with E-state index in [9.17, 15) is 4.79 Å². The van der Waals surface area contributed by atoms with E-state index in [1.807, 2.05) is 53.6 Å². The van der Waals surface area contributed by atoms with Gasteiger partial charge in [0.1, 0.15) is 5.58 Å². The van der Waals surface area contributed by atoms with Crippen LogP contribution in [0.3, 0.4) is 0 Å². The van der Waals surface area contributed by atoms with Gasteiger partial charge in [-0.25, -0.2) is 0 Å². The number of fused-ring (bicyclic) bond motifs is 1. The molecule has 25 heavy (non-hydrogen) atoms. The highest BCUT2D eigenvalue weighted by atomic mass is 16.3. The minimum absolute atomic E-state index is 0.0213. The molecule has 2 aromatic heterocycles. The normalized spacial score (nSPS) is 15.4. The Morgan fingerprint density at radius 1 is 1.12 bits per heavy atom. The summed E-state index contributed by atoms with van der Waals surface area (Å²) in [6, 6.07) is 13.8. The zero-order valence-corrected chi connectivity index (χ0v) is 14.2. The fourth-order valence-electron chi connectivity index (χ4n) is 3.68. The lowest BCUT2D eigenvalue weighted by molar-refractivity contribution is 0.0584. The molecule has 0 N–H and O–H groups in total. The summed E-state index contributed by atoms with van der Waals surface area (Å²) in [7, 11) is 0. The molecule has 2 heterocycles. The van der Waals surface area contributed by atoms with Crippen LogP contribution in [-0.2, 0) is 6.54 Å². The molecule has 1 aromatic carbocycles. The van der Waals surface area contributed by atoms with E-state index in [0.717, 1.165) is 29.4 Å². The molecule has 0 unspecified atom stereocenters. The van der Waals surface area contributed by atoms with Crippen LogP contribution < -0.4 is 0 Å². The minimum Gasteiger partial charge on any atom is -0.451 e. The maximum Gasteiger partial charge on any atom is 0.290 e. The van der Waals surface area contributed by atoms with Crippen LogP contribution >= 0.6 is 0 Å². The Hall–Kier alpha value is -2.62. The molecule has 0 saturated heterocycles. The van der Waals surface area contributed by atoms with Crippen molar-refractivity contribution < 1.29 is 9.21 Å². The van der Waals surface area contributed by atoms with Gasteiger partial charge in [0.2, 0.25) is 0 Å². The lowest BCUT2D eigenvalue weighted by Gasteiger charge is -2.34. The second-order valence-corrected chi connectivity index (χ2v) is 6.73. The third-order valence-corrected chi connectivity index (χ3v) is 4.99. The molecule has 1 amide bonds. The van der Waals surface area contributed by atoms with Gasteiger partial charge in [0.05, 0.1) is 0 Å². The van der Waals surface area contributed by atoms with Crippen LogP contribution in [0.5, 0.6) is 0 Å². The smallest absolute Gasteiger partial charge is 0.290 e. The number of aromatic nitrogens is 1. The molecule has 1 aliphatic carbocycles. The zero-order valence-electron chi connectivity index (χ0n) is 14.2. The first-order valence-electron chi connectivity index (χ1n) is 9.00. The van der Waals surface area contributed by atoms with E-state index in [4.69, 9.17) is 4.42 Å². The van der Waals surface area contributed by atoms with Gasteiger partial charge in [-0.3, -0.25) is 9.78 Å². The van der Waals surface area contributed by atoms with Crippen molar-refractivity contribution in [3.8, 4) is 0 Å². The molecule has 1 fully saturated rings. The summed E-state index contributed by atoms with van der Waals surface area (Å²) >= 11 is 0. The predicted octanol–water partition coefficient (Wildman–Crippen LogP) is 4.80. The molecular formula is C21H22N2O2. The number of hydrogen-bond acceptors (Lipinski definition) is 3. The van der Waals surface area contributed by atoms with Gasteiger partial charge in [-0.1, -0.05) is 43.5 Å². The SMILES string of the molecule is O=C(c1cc2ccccc2o1)N(Cc1cccnc1)C1CCCCC1. The Bertz CT molecular complexity index is 817. The van der Waals surface area contributed by atoms with Gasteiger partial charge in [-0.05, 0) is 36.6 Å². The van der Waals surface area contributed by atoms with Crippen LogP contribution in [-0.4, -0.2) is 21.8 Å². The number of nitrogens with zero attached hydrogens (tertiary/aromatic N) is 2. The van der Waals surface area contributed by atoms with Crippen molar-refractivity contribution in [3.63, 3.8) is 0 Å². The Kier molecular flexibility index (Phi) is 4.51. The van der Waals surface area contributed by atoms with Crippen LogP contribution in [0, 0.1) is 0 Å². The van der Waals surface area contributed by atoms with Crippen molar-refractivity contribution in [1.82, 2.24) is 9.88 Å². The molecule has 0 bridgehead atoms. The second kappa shape index (κ2) is 7.09. The summed E-state index contributed by atoms with van der Waals surface area (Å²) in [6.45, 7) is 0.578. The largest absolute Gasteiger partial charge is 0.451 e. The quantitative estimate of drug-likeness (QED) is 0.688. The monoisotopic (exact) mass is 334 g/mol. The summed E-state index contributed by atoms with van der Waals surface area (Å²) in [5.41, 5.74) is 1.81. The highest BCUT2D eigenvalue weighted by Gasteiger charge is 2.28. The van der Waals surface area contributed by atoms with Gasteiger partial charge >= 0.3 is 0 Å². The number of pyridine rings is 1. The van der Waals surface area contributed by atoms with E-state index < -0.39 is 0 Å². The molecular weight excluding hydrogens is 312 g/mol. The molecule has 0 spiro atoms. The summed E-state index contributed by atoms with van der Waals surface area (Å²) in [6.07, 6.45) is 9.34. The van der Waals surface area contributed by atoms with Gasteiger partial charge in [0.15, 0.2) is 5.76 Å². The molecule has 128 valence electrons. The van der Waals surface area contributed by atoms with Crippen molar-refractivity contribution in [3.05, 3.63) is 66.2 Å². The van der Waals surface area contributed by atoms with Gasteiger partial charge in [0, 0.05) is 30.4 Å². The standard InChI is InChI=1S/C21H22N2O2/c24-21(20-13-17-8-4-5-11-19(17)25-20)23(18-9-2-1-3-10-18)15-16-7-6-12-22-14-16/h4-8,11-14,18H,1-3,9-10,15H2. The van der Waals surface area contributed by atoms with E-state index in [0.29, 0.717) is 12.3 Å². The average Bonchev–Trinajstić information content (AvgIpc) is 3.11. The minimum atomic E-state index is -0.0213. The van der Waals surface area contributed by atoms with E-state index in [-0.39, 0.29) is 11.9 Å². The fourth-order valence-corrected chi connectivity index (χ4v) is 3.68. The Labute approximate surface area is 147 Å². The molecule has 0 radical (unpaired) electrons. The van der Waals surface area contributed by atoms with Gasteiger partial charge in [-0.2, -0.15) is 0 Å². The van der Waals surface area contributed by atoms with E-state index in [1.165, 1.54) is 19.3 Å². The van der Waals surface area contributed by atoms with Gasteiger partial charge < -0.3 is 9.32 Å². The number of rotatable bonds is 4. The molecule has 4 nitrogen and oxygen atoms in total. The number of para-hydroxylation sites is 1. The lowest BCUT2D eigenvalue weighted by Crippen LogP contribution is -2.40. The number of hydrogen-bond donors (Lipinski definition) is 0. The van der Waals surface area contributed by atoms with E-state index in [1.54, 1.807) is 6.20 Å². The number of carbonyl (C=O) groups excluding carboxylic acids is 1. The van der Waals surface area contributed by atoms with Gasteiger partial charge in [-0.15, -0.1) is 0 Å². The third-order valence-electron chi connectivity index (χ3n) is 4.99. The second-order valence-electron chi connectivity index (χ2n) is 6.73. The first-order valence-corrected chi connectivity index (χ1v) is 9.00. The Balaban J connectivity index is 1.64.